The molecule has 0 aliphatic carbocycles. The first-order valence-corrected chi connectivity index (χ1v) is 10.5. The maximum absolute atomic E-state index is 12.2. The van der Waals surface area contributed by atoms with E-state index >= 15 is 0 Å². The molecule has 9 heteroatoms. The van der Waals surface area contributed by atoms with Gasteiger partial charge in [0.05, 0.1) is 12.5 Å². The third-order valence-corrected chi connectivity index (χ3v) is 4.30. The van der Waals surface area contributed by atoms with Crippen molar-refractivity contribution in [1.82, 2.24) is 5.32 Å². The maximum Gasteiger partial charge on any atom is 0.323 e. The Kier molecular flexibility index (Phi) is 10.8. The first kappa shape index (κ1) is 27.1. The first-order chi connectivity index (χ1) is 15.0. The minimum absolute atomic E-state index is 0.0921. The quantitative estimate of drug-likeness (QED) is 0.308. The molecule has 0 saturated heterocycles. The number of hydrogen-bond donors (Lipinski definition) is 1. The summed E-state index contributed by atoms with van der Waals surface area (Å²) in [6, 6.07) is 4.00. The van der Waals surface area contributed by atoms with Crippen molar-refractivity contribution in [3.05, 3.63) is 23.8 Å². The van der Waals surface area contributed by atoms with Crippen molar-refractivity contribution in [2.24, 2.45) is 5.41 Å². The largest absolute Gasteiger partial charge is 0.468 e. The lowest BCUT2D eigenvalue weighted by molar-refractivity contribution is -0.152. The summed E-state index contributed by atoms with van der Waals surface area (Å²) in [6.45, 7) is 8.90. The van der Waals surface area contributed by atoms with Crippen LogP contribution >= 0.6 is 0 Å². The first-order valence-electron chi connectivity index (χ1n) is 10.5. The van der Waals surface area contributed by atoms with E-state index in [2.05, 4.69) is 5.32 Å². The van der Waals surface area contributed by atoms with Crippen LogP contribution in [0.5, 0.6) is 11.5 Å². The molecule has 1 N–H and O–H groups in total. The zero-order valence-corrected chi connectivity index (χ0v) is 19.6. The summed E-state index contributed by atoms with van der Waals surface area (Å²) in [5.74, 6) is -1.57. The molecule has 0 aliphatic rings. The average molecular weight is 452 g/mol. The Bertz CT molecular complexity index is 813. The molecule has 0 saturated carbocycles. The van der Waals surface area contributed by atoms with Crippen LogP contribution in [0.4, 0.5) is 0 Å². The second-order valence-corrected chi connectivity index (χ2v) is 8.06. The summed E-state index contributed by atoms with van der Waals surface area (Å²) in [6.07, 6.45) is 0.515. The third kappa shape index (κ3) is 9.05. The molecule has 0 radical (unpaired) electrons. The number of hydrogen-bond acceptors (Lipinski definition) is 9. The van der Waals surface area contributed by atoms with Gasteiger partial charge in [0.2, 0.25) is 0 Å². The maximum atomic E-state index is 12.2. The molecule has 32 heavy (non-hydrogen) atoms. The fourth-order valence-electron chi connectivity index (χ4n) is 2.44. The van der Waals surface area contributed by atoms with Crippen molar-refractivity contribution >= 4 is 23.9 Å². The fourth-order valence-corrected chi connectivity index (χ4v) is 2.44. The van der Waals surface area contributed by atoms with Crippen molar-refractivity contribution in [2.45, 2.75) is 59.9 Å². The van der Waals surface area contributed by atoms with Gasteiger partial charge in [0, 0.05) is 19.4 Å². The van der Waals surface area contributed by atoms with Crippen molar-refractivity contribution in [3.63, 3.8) is 0 Å². The Morgan fingerprint density at radius 2 is 1.56 bits per heavy atom. The predicted molar refractivity (Wildman–Crippen MR) is 116 cm³/mol. The van der Waals surface area contributed by atoms with Crippen LogP contribution in [0.2, 0.25) is 0 Å². The summed E-state index contributed by atoms with van der Waals surface area (Å²) < 4.78 is 20.6. The smallest absolute Gasteiger partial charge is 0.323 e. The van der Waals surface area contributed by atoms with Gasteiger partial charge in [-0.25, -0.2) is 0 Å². The van der Waals surface area contributed by atoms with Crippen molar-refractivity contribution in [1.29, 1.82) is 0 Å². The second-order valence-electron chi connectivity index (χ2n) is 8.06. The number of ether oxygens (including phenoxy) is 4. The number of nitrogens with one attached hydrogen (secondary N) is 1. The zero-order valence-electron chi connectivity index (χ0n) is 19.6. The fraction of sp³-hybridized carbons (Fsp3) is 0.565. The Morgan fingerprint density at radius 1 is 0.969 bits per heavy atom. The average Bonchev–Trinajstić information content (AvgIpc) is 2.75. The standard InChI is InChI=1S/C23H33NO8/c1-7-19(25)31-17-10-9-15(14-18(17)32-20(26)8-2)13-16(21(27)29-6)24-11-12-30-22(28)23(3,4)5/h9-10,14,16,24H,7-8,11-13H2,1-6H3/t16-/m0/s1. The second kappa shape index (κ2) is 12.8. The van der Waals surface area contributed by atoms with Gasteiger partial charge in [-0.05, 0) is 44.9 Å². The van der Waals surface area contributed by atoms with E-state index in [-0.39, 0.29) is 49.9 Å². The molecule has 1 rings (SSSR count). The molecule has 1 aromatic carbocycles. The van der Waals surface area contributed by atoms with Crippen LogP contribution in [0.15, 0.2) is 18.2 Å². The molecule has 1 atom stereocenters. The van der Waals surface area contributed by atoms with E-state index in [1.807, 2.05) is 0 Å². The van der Waals surface area contributed by atoms with Crippen LogP contribution in [-0.4, -0.2) is 50.2 Å². The van der Waals surface area contributed by atoms with Crippen LogP contribution in [0.1, 0.15) is 53.0 Å². The molecule has 0 aromatic heterocycles. The molecule has 0 amide bonds. The molecule has 0 fully saturated rings. The van der Waals surface area contributed by atoms with E-state index in [9.17, 15) is 19.2 Å². The minimum atomic E-state index is -0.730. The van der Waals surface area contributed by atoms with E-state index in [1.54, 1.807) is 46.8 Å². The van der Waals surface area contributed by atoms with Crippen LogP contribution in [0.3, 0.4) is 0 Å². The molecular weight excluding hydrogens is 418 g/mol. The Morgan fingerprint density at radius 3 is 2.09 bits per heavy atom. The van der Waals surface area contributed by atoms with Crippen molar-refractivity contribution in [3.8, 4) is 11.5 Å². The van der Waals surface area contributed by atoms with Crippen LogP contribution in [0.25, 0.3) is 0 Å². The number of carbonyl (C=O) groups is 4. The molecule has 0 unspecified atom stereocenters. The van der Waals surface area contributed by atoms with Gasteiger partial charge in [0.25, 0.3) is 0 Å². The summed E-state index contributed by atoms with van der Waals surface area (Å²) in [4.78, 5) is 47.5. The zero-order chi connectivity index (χ0) is 24.3. The van der Waals surface area contributed by atoms with Crippen molar-refractivity contribution in [2.75, 3.05) is 20.3 Å². The Balaban J connectivity index is 2.92. The van der Waals surface area contributed by atoms with Gasteiger partial charge in [0.1, 0.15) is 12.6 Å². The van der Waals surface area contributed by atoms with Gasteiger partial charge in [-0.2, -0.15) is 0 Å². The van der Waals surface area contributed by atoms with Gasteiger partial charge in [-0.15, -0.1) is 0 Å². The number of benzene rings is 1. The Labute approximate surface area is 188 Å². The van der Waals surface area contributed by atoms with E-state index in [0.717, 1.165) is 0 Å². The third-order valence-electron chi connectivity index (χ3n) is 4.30. The van der Waals surface area contributed by atoms with Crippen LogP contribution < -0.4 is 14.8 Å². The van der Waals surface area contributed by atoms with Gasteiger partial charge in [-0.1, -0.05) is 19.9 Å². The highest BCUT2D eigenvalue weighted by molar-refractivity contribution is 5.77. The topological polar surface area (TPSA) is 117 Å². The summed E-state index contributed by atoms with van der Waals surface area (Å²) in [7, 11) is 1.28. The lowest BCUT2D eigenvalue weighted by atomic mass is 9.97. The normalized spacial score (nSPS) is 11.9. The predicted octanol–water partition coefficient (Wildman–Crippen LogP) is 2.58. The molecule has 0 heterocycles. The minimum Gasteiger partial charge on any atom is -0.468 e. The van der Waals surface area contributed by atoms with E-state index < -0.39 is 29.4 Å². The highest BCUT2D eigenvalue weighted by Crippen LogP contribution is 2.30. The van der Waals surface area contributed by atoms with Gasteiger partial charge in [-0.3, -0.25) is 19.2 Å². The van der Waals surface area contributed by atoms with Crippen LogP contribution in [-0.2, 0) is 35.1 Å². The van der Waals surface area contributed by atoms with Crippen molar-refractivity contribution < 1.29 is 38.1 Å². The number of rotatable bonds is 11. The lowest BCUT2D eigenvalue weighted by Gasteiger charge is -2.19. The molecule has 1 aromatic rings. The summed E-state index contributed by atoms with van der Waals surface area (Å²) in [5, 5.41) is 3.01. The molecule has 0 spiro atoms. The Hall–Kier alpha value is -2.94. The highest BCUT2D eigenvalue weighted by atomic mass is 16.6. The molecule has 0 bridgehead atoms. The number of methoxy groups -OCH3 is 1. The summed E-state index contributed by atoms with van der Waals surface area (Å²) >= 11 is 0. The van der Waals surface area contributed by atoms with E-state index in [0.29, 0.717) is 5.56 Å². The summed E-state index contributed by atoms with van der Waals surface area (Å²) in [5.41, 5.74) is 0.0339. The lowest BCUT2D eigenvalue weighted by Crippen LogP contribution is -2.41. The van der Waals surface area contributed by atoms with E-state index in [1.165, 1.54) is 13.2 Å². The van der Waals surface area contributed by atoms with Gasteiger partial charge in [0.15, 0.2) is 11.5 Å². The molecule has 178 valence electrons. The molecule has 9 nitrogen and oxygen atoms in total. The van der Waals surface area contributed by atoms with E-state index in [4.69, 9.17) is 18.9 Å². The SMILES string of the molecule is CCC(=O)Oc1ccc(C[C@H](NCCOC(=O)C(C)(C)C)C(=O)OC)cc1OC(=O)CC. The highest BCUT2D eigenvalue weighted by Gasteiger charge is 2.24. The molecular formula is C23H33NO8. The monoisotopic (exact) mass is 451 g/mol. The molecule has 0 aliphatic heterocycles. The number of esters is 4. The van der Waals surface area contributed by atoms with Gasteiger partial charge < -0.3 is 24.3 Å². The van der Waals surface area contributed by atoms with Crippen LogP contribution in [0, 0.1) is 5.41 Å². The van der Waals surface area contributed by atoms with Gasteiger partial charge >= 0.3 is 23.9 Å². The number of carbonyl (C=O) groups excluding carboxylic acids is 4.